The lowest BCUT2D eigenvalue weighted by molar-refractivity contribution is 0.244. The molecule has 0 amide bonds. The highest BCUT2D eigenvalue weighted by molar-refractivity contribution is 5.69. The van der Waals surface area contributed by atoms with Crippen molar-refractivity contribution in [1.82, 2.24) is 15.2 Å². The average molecular weight is 361 g/mol. The molecule has 0 saturated heterocycles. The van der Waals surface area contributed by atoms with Gasteiger partial charge in [0.05, 0.1) is 18.0 Å². The van der Waals surface area contributed by atoms with Gasteiger partial charge in [-0.2, -0.15) is 10.1 Å². The SMILES string of the molecule is CC(C)Oc1ccccc1Nc1nncc(N2c3ccccc3CC2C)n1. The van der Waals surface area contributed by atoms with Crippen molar-refractivity contribution < 1.29 is 4.74 Å². The molecule has 1 N–H and O–H groups in total. The van der Waals surface area contributed by atoms with Crippen molar-refractivity contribution in [2.24, 2.45) is 0 Å². The zero-order valence-electron chi connectivity index (χ0n) is 15.8. The van der Waals surface area contributed by atoms with Crippen molar-refractivity contribution in [3.63, 3.8) is 0 Å². The Morgan fingerprint density at radius 1 is 1.11 bits per heavy atom. The molecule has 3 aromatic rings. The number of hydrogen-bond acceptors (Lipinski definition) is 6. The minimum Gasteiger partial charge on any atom is -0.489 e. The number of nitrogens with one attached hydrogen (secondary N) is 1. The Balaban J connectivity index is 1.63. The summed E-state index contributed by atoms with van der Waals surface area (Å²) in [6.45, 7) is 6.20. The maximum absolute atomic E-state index is 5.86. The fourth-order valence-corrected chi connectivity index (χ4v) is 3.43. The fraction of sp³-hybridized carbons (Fsp3) is 0.286. The van der Waals surface area contributed by atoms with Gasteiger partial charge in [0.25, 0.3) is 0 Å². The van der Waals surface area contributed by atoms with E-state index in [0.717, 1.165) is 23.7 Å². The molecule has 0 radical (unpaired) electrons. The van der Waals surface area contributed by atoms with Gasteiger partial charge in [-0.1, -0.05) is 30.3 Å². The molecular formula is C21H23N5O. The Kier molecular flexibility index (Phi) is 4.62. The summed E-state index contributed by atoms with van der Waals surface area (Å²) in [4.78, 5) is 6.92. The van der Waals surface area contributed by atoms with E-state index in [-0.39, 0.29) is 6.10 Å². The number of para-hydroxylation sites is 3. The second-order valence-corrected chi connectivity index (χ2v) is 6.98. The molecule has 4 rings (SSSR count). The fourth-order valence-electron chi connectivity index (χ4n) is 3.43. The van der Waals surface area contributed by atoms with E-state index in [2.05, 4.69) is 51.6 Å². The molecule has 1 aliphatic rings. The first-order valence-electron chi connectivity index (χ1n) is 9.21. The number of fused-ring (bicyclic) bond motifs is 1. The summed E-state index contributed by atoms with van der Waals surface area (Å²) < 4.78 is 5.86. The van der Waals surface area contributed by atoms with Crippen LogP contribution in [0.2, 0.25) is 0 Å². The van der Waals surface area contributed by atoms with Crippen LogP contribution in [-0.4, -0.2) is 27.3 Å². The van der Waals surface area contributed by atoms with E-state index in [4.69, 9.17) is 9.72 Å². The minimum atomic E-state index is 0.0836. The molecule has 1 aromatic heterocycles. The van der Waals surface area contributed by atoms with E-state index in [0.29, 0.717) is 12.0 Å². The molecule has 0 bridgehead atoms. The first-order chi connectivity index (χ1) is 13.1. The smallest absolute Gasteiger partial charge is 0.249 e. The molecular weight excluding hydrogens is 338 g/mol. The van der Waals surface area contributed by atoms with Crippen molar-refractivity contribution in [2.75, 3.05) is 10.2 Å². The lowest BCUT2D eigenvalue weighted by Crippen LogP contribution is -2.25. The lowest BCUT2D eigenvalue weighted by Gasteiger charge is -2.23. The number of aromatic nitrogens is 3. The standard InChI is InChI=1S/C21H23N5O/c1-14(2)27-19-11-7-5-9-17(19)23-21-24-20(13-22-25-21)26-15(3)12-16-8-4-6-10-18(16)26/h4-11,13-15H,12H2,1-3H3,(H,23,24,25). The van der Waals surface area contributed by atoms with Gasteiger partial charge in [-0.05, 0) is 51.0 Å². The largest absolute Gasteiger partial charge is 0.489 e. The molecule has 6 nitrogen and oxygen atoms in total. The highest BCUT2D eigenvalue weighted by Gasteiger charge is 2.28. The normalized spacial score (nSPS) is 15.7. The van der Waals surface area contributed by atoms with Crippen LogP contribution < -0.4 is 15.0 Å². The van der Waals surface area contributed by atoms with Crippen molar-refractivity contribution in [1.29, 1.82) is 0 Å². The van der Waals surface area contributed by atoms with Crippen molar-refractivity contribution >= 4 is 23.1 Å². The third-order valence-corrected chi connectivity index (χ3v) is 4.50. The van der Waals surface area contributed by atoms with Gasteiger partial charge in [0.1, 0.15) is 5.75 Å². The second-order valence-electron chi connectivity index (χ2n) is 6.98. The predicted molar refractivity (Wildman–Crippen MR) is 107 cm³/mol. The van der Waals surface area contributed by atoms with Crippen LogP contribution in [0.15, 0.2) is 54.7 Å². The lowest BCUT2D eigenvalue weighted by atomic mass is 10.1. The second kappa shape index (κ2) is 7.23. The van der Waals surface area contributed by atoms with Gasteiger partial charge in [-0.15, -0.1) is 5.10 Å². The van der Waals surface area contributed by atoms with E-state index in [1.807, 2.05) is 38.1 Å². The van der Waals surface area contributed by atoms with Gasteiger partial charge in [0.2, 0.25) is 5.95 Å². The van der Waals surface area contributed by atoms with E-state index in [1.54, 1.807) is 6.20 Å². The van der Waals surface area contributed by atoms with Crippen LogP contribution in [0.5, 0.6) is 5.75 Å². The van der Waals surface area contributed by atoms with Gasteiger partial charge < -0.3 is 15.0 Å². The first kappa shape index (κ1) is 17.3. The Bertz CT molecular complexity index is 943. The third kappa shape index (κ3) is 3.56. The molecule has 0 fully saturated rings. The zero-order chi connectivity index (χ0) is 18.8. The Morgan fingerprint density at radius 3 is 2.74 bits per heavy atom. The maximum Gasteiger partial charge on any atom is 0.249 e. The molecule has 138 valence electrons. The summed E-state index contributed by atoms with van der Waals surface area (Å²) in [7, 11) is 0. The molecule has 27 heavy (non-hydrogen) atoms. The van der Waals surface area contributed by atoms with Crippen LogP contribution >= 0.6 is 0 Å². The van der Waals surface area contributed by atoms with Crippen LogP contribution in [0.1, 0.15) is 26.3 Å². The average Bonchev–Trinajstić information content (AvgIpc) is 2.99. The van der Waals surface area contributed by atoms with Crippen molar-refractivity contribution in [3.8, 4) is 5.75 Å². The summed E-state index contributed by atoms with van der Waals surface area (Å²) in [5.74, 6) is 2.00. The number of rotatable bonds is 5. The zero-order valence-corrected chi connectivity index (χ0v) is 15.8. The maximum atomic E-state index is 5.86. The quantitative estimate of drug-likeness (QED) is 0.723. The number of anilines is 4. The molecule has 1 atom stereocenters. The van der Waals surface area contributed by atoms with Crippen LogP contribution in [0.3, 0.4) is 0 Å². The van der Waals surface area contributed by atoms with Crippen molar-refractivity contribution in [2.45, 2.75) is 39.3 Å². The molecule has 0 spiro atoms. The summed E-state index contributed by atoms with van der Waals surface area (Å²) in [5, 5.41) is 11.6. The van der Waals surface area contributed by atoms with Gasteiger partial charge in [-0.3, -0.25) is 0 Å². The van der Waals surface area contributed by atoms with E-state index in [1.165, 1.54) is 11.3 Å². The molecule has 1 aliphatic heterocycles. The molecule has 0 aliphatic carbocycles. The van der Waals surface area contributed by atoms with Crippen LogP contribution in [0, 0.1) is 0 Å². The van der Waals surface area contributed by atoms with Gasteiger partial charge >= 0.3 is 0 Å². The van der Waals surface area contributed by atoms with Crippen molar-refractivity contribution in [3.05, 3.63) is 60.3 Å². The molecule has 6 heteroatoms. The van der Waals surface area contributed by atoms with Gasteiger partial charge in [-0.25, -0.2) is 0 Å². The predicted octanol–water partition coefficient (Wildman–Crippen LogP) is 4.49. The first-order valence-corrected chi connectivity index (χ1v) is 9.21. The number of benzene rings is 2. The van der Waals surface area contributed by atoms with Crippen LogP contribution in [0.25, 0.3) is 0 Å². The Hall–Kier alpha value is -3.15. The van der Waals surface area contributed by atoms with Crippen LogP contribution in [-0.2, 0) is 6.42 Å². The number of ether oxygens (including phenoxy) is 1. The van der Waals surface area contributed by atoms with E-state index < -0.39 is 0 Å². The van der Waals surface area contributed by atoms with Gasteiger partial charge in [0.15, 0.2) is 5.82 Å². The van der Waals surface area contributed by atoms with E-state index in [9.17, 15) is 0 Å². The highest BCUT2D eigenvalue weighted by atomic mass is 16.5. The molecule has 1 unspecified atom stereocenters. The molecule has 0 saturated carbocycles. The summed E-state index contributed by atoms with van der Waals surface area (Å²) >= 11 is 0. The third-order valence-electron chi connectivity index (χ3n) is 4.50. The highest BCUT2D eigenvalue weighted by Crippen LogP contribution is 2.37. The summed E-state index contributed by atoms with van der Waals surface area (Å²) in [6.07, 6.45) is 2.79. The van der Waals surface area contributed by atoms with E-state index >= 15 is 0 Å². The minimum absolute atomic E-state index is 0.0836. The topological polar surface area (TPSA) is 63.2 Å². The summed E-state index contributed by atoms with van der Waals surface area (Å²) in [5.41, 5.74) is 3.33. The number of nitrogens with zero attached hydrogens (tertiary/aromatic N) is 4. The molecule has 2 aromatic carbocycles. The Labute approximate surface area is 159 Å². The Morgan fingerprint density at radius 2 is 1.89 bits per heavy atom. The summed E-state index contributed by atoms with van der Waals surface area (Å²) in [6, 6.07) is 16.5. The number of hydrogen-bond donors (Lipinski definition) is 1. The monoisotopic (exact) mass is 361 g/mol. The van der Waals surface area contributed by atoms with Gasteiger partial charge in [0, 0.05) is 11.7 Å². The van der Waals surface area contributed by atoms with Crippen LogP contribution in [0.4, 0.5) is 23.1 Å². The molecule has 2 heterocycles.